The fourth-order valence-corrected chi connectivity index (χ4v) is 3.41. The molecule has 12 nitrogen and oxygen atoms in total. The molecule has 2 aromatic heterocycles. The highest BCUT2D eigenvalue weighted by Crippen LogP contribution is 2.35. The SMILES string of the molecule is CCCOc1cccc(/C=N\Nc2nc3c(N)ncnc3n2[C@H]2O[C@@H](CO)[C@H](O)[C@@H]2O)c1. The number of nitrogen functional groups attached to an aromatic ring is 1. The Bertz CT molecular complexity index is 1110. The molecule has 4 rings (SSSR count). The van der Waals surface area contributed by atoms with Crippen LogP contribution in [0.2, 0.25) is 0 Å². The van der Waals surface area contributed by atoms with Gasteiger partial charge in [-0.25, -0.2) is 20.4 Å². The van der Waals surface area contributed by atoms with Crippen LogP contribution < -0.4 is 15.9 Å². The first-order valence-corrected chi connectivity index (χ1v) is 10.2. The third-order valence-corrected chi connectivity index (χ3v) is 4.99. The zero-order valence-corrected chi connectivity index (χ0v) is 17.4. The van der Waals surface area contributed by atoms with E-state index < -0.39 is 31.1 Å². The molecule has 170 valence electrons. The predicted octanol–water partition coefficient (Wildman–Crippen LogP) is 0.255. The van der Waals surface area contributed by atoms with Crippen LogP contribution >= 0.6 is 0 Å². The van der Waals surface area contributed by atoms with Gasteiger partial charge in [0, 0.05) is 0 Å². The molecular formula is C20H25N7O5. The molecule has 0 amide bonds. The quantitative estimate of drug-likeness (QED) is 0.240. The van der Waals surface area contributed by atoms with Crippen molar-refractivity contribution in [1.29, 1.82) is 0 Å². The Morgan fingerprint density at radius 3 is 2.91 bits per heavy atom. The lowest BCUT2D eigenvalue weighted by molar-refractivity contribution is -0.0501. The topological polar surface area (TPSA) is 173 Å². The van der Waals surface area contributed by atoms with Gasteiger partial charge in [0.2, 0.25) is 5.95 Å². The third kappa shape index (κ3) is 4.21. The number of aromatic nitrogens is 4. The third-order valence-electron chi connectivity index (χ3n) is 4.99. The van der Waals surface area contributed by atoms with E-state index in [0.29, 0.717) is 6.61 Å². The van der Waals surface area contributed by atoms with Crippen LogP contribution in [0.4, 0.5) is 11.8 Å². The van der Waals surface area contributed by atoms with Crippen LogP contribution in [0.15, 0.2) is 35.7 Å². The molecule has 1 fully saturated rings. The molecule has 12 heteroatoms. The molecule has 32 heavy (non-hydrogen) atoms. The van der Waals surface area contributed by atoms with E-state index >= 15 is 0 Å². The average Bonchev–Trinajstić information content (AvgIpc) is 3.30. The Morgan fingerprint density at radius 1 is 1.31 bits per heavy atom. The van der Waals surface area contributed by atoms with E-state index in [2.05, 4.69) is 25.5 Å². The maximum atomic E-state index is 10.5. The molecule has 0 aliphatic carbocycles. The number of nitrogens with two attached hydrogens (primary N) is 1. The lowest BCUT2D eigenvalue weighted by Gasteiger charge is -2.18. The summed E-state index contributed by atoms with van der Waals surface area (Å²) in [5, 5.41) is 34.3. The van der Waals surface area contributed by atoms with Crippen LogP contribution in [-0.4, -0.2) is 72.6 Å². The van der Waals surface area contributed by atoms with Crippen molar-refractivity contribution < 1.29 is 24.8 Å². The van der Waals surface area contributed by atoms with Crippen molar-refractivity contribution in [2.45, 2.75) is 37.9 Å². The summed E-state index contributed by atoms with van der Waals surface area (Å²) >= 11 is 0. The second kappa shape index (κ2) is 9.44. The molecular weight excluding hydrogens is 418 g/mol. The van der Waals surface area contributed by atoms with Gasteiger partial charge in [-0.15, -0.1) is 0 Å². The normalized spacial score (nSPS) is 23.2. The average molecular weight is 443 g/mol. The summed E-state index contributed by atoms with van der Waals surface area (Å²) in [7, 11) is 0. The van der Waals surface area contributed by atoms with Crippen molar-refractivity contribution in [2.75, 3.05) is 24.4 Å². The number of nitrogens with one attached hydrogen (secondary N) is 1. The van der Waals surface area contributed by atoms with E-state index in [1.54, 1.807) is 6.21 Å². The number of imidazole rings is 1. The summed E-state index contributed by atoms with van der Waals surface area (Å²) in [6.45, 7) is 2.19. The molecule has 3 heterocycles. The van der Waals surface area contributed by atoms with Crippen molar-refractivity contribution in [2.24, 2.45) is 5.10 Å². The number of ether oxygens (including phenoxy) is 2. The van der Waals surface area contributed by atoms with Gasteiger partial charge >= 0.3 is 0 Å². The van der Waals surface area contributed by atoms with Crippen LogP contribution in [-0.2, 0) is 4.74 Å². The minimum absolute atomic E-state index is 0.133. The second-order valence-electron chi connectivity index (χ2n) is 7.26. The van der Waals surface area contributed by atoms with Crippen molar-refractivity contribution in [3.8, 4) is 5.75 Å². The Balaban J connectivity index is 1.64. The standard InChI is InChI=1S/C20H25N7O5/c1-2-6-31-12-5-3-4-11(7-12)8-24-26-20-25-14-17(21)22-10-23-18(14)27(20)19-16(30)15(29)13(9-28)32-19/h3-5,7-8,10,13,15-16,19,28-30H,2,6,9H2,1H3,(H,25,26)(H2,21,22,23)/b24-8-/t13-,15-,16-,19-/m0/s1. The molecule has 0 saturated carbocycles. The van der Waals surface area contributed by atoms with Gasteiger partial charge in [-0.05, 0) is 24.1 Å². The van der Waals surface area contributed by atoms with E-state index in [9.17, 15) is 15.3 Å². The van der Waals surface area contributed by atoms with Crippen molar-refractivity contribution >= 4 is 29.1 Å². The number of anilines is 2. The molecule has 3 aromatic rings. The van der Waals surface area contributed by atoms with Crippen molar-refractivity contribution in [3.05, 3.63) is 36.2 Å². The highest BCUT2D eigenvalue weighted by molar-refractivity contribution is 5.84. The summed E-state index contributed by atoms with van der Waals surface area (Å²) in [6.07, 6.45) is -0.926. The first-order valence-electron chi connectivity index (χ1n) is 10.2. The first kappa shape index (κ1) is 21.9. The Labute approximate surface area is 183 Å². The van der Waals surface area contributed by atoms with Crippen LogP contribution in [0, 0.1) is 0 Å². The van der Waals surface area contributed by atoms with Gasteiger partial charge in [-0.3, -0.25) is 4.57 Å². The van der Waals surface area contributed by atoms with Gasteiger partial charge in [0.15, 0.2) is 23.2 Å². The number of hydrogen-bond donors (Lipinski definition) is 5. The zero-order valence-electron chi connectivity index (χ0n) is 17.4. The van der Waals surface area contributed by atoms with E-state index in [1.165, 1.54) is 10.9 Å². The molecule has 0 bridgehead atoms. The lowest BCUT2D eigenvalue weighted by Crippen LogP contribution is -2.33. The van der Waals surface area contributed by atoms with Gasteiger partial charge in [0.25, 0.3) is 0 Å². The maximum Gasteiger partial charge on any atom is 0.228 e. The maximum absolute atomic E-state index is 10.5. The van der Waals surface area contributed by atoms with Gasteiger partial charge in [0.1, 0.15) is 30.4 Å². The summed E-state index contributed by atoms with van der Waals surface area (Å²) in [5.74, 6) is 1.03. The van der Waals surface area contributed by atoms with E-state index in [-0.39, 0.29) is 22.9 Å². The van der Waals surface area contributed by atoms with Crippen LogP contribution in [0.3, 0.4) is 0 Å². The molecule has 0 radical (unpaired) electrons. The van der Waals surface area contributed by atoms with Crippen LogP contribution in [0.5, 0.6) is 5.75 Å². The summed E-state index contributed by atoms with van der Waals surface area (Å²) < 4.78 is 12.7. The van der Waals surface area contributed by atoms with Crippen LogP contribution in [0.25, 0.3) is 11.2 Å². The Hall–Kier alpha value is -3.32. The molecule has 6 N–H and O–H groups in total. The number of aliphatic hydroxyl groups is 3. The monoisotopic (exact) mass is 443 g/mol. The number of hydrogen-bond acceptors (Lipinski definition) is 11. The predicted molar refractivity (Wildman–Crippen MR) is 116 cm³/mol. The molecule has 0 unspecified atom stereocenters. The molecule has 1 aromatic carbocycles. The van der Waals surface area contributed by atoms with E-state index in [0.717, 1.165) is 17.7 Å². The van der Waals surface area contributed by atoms with E-state index in [1.807, 2.05) is 31.2 Å². The summed E-state index contributed by atoms with van der Waals surface area (Å²) in [6, 6.07) is 7.43. The Morgan fingerprint density at radius 2 is 2.16 bits per heavy atom. The minimum atomic E-state index is -1.34. The molecule has 1 aliphatic rings. The molecule has 1 saturated heterocycles. The number of nitrogens with zero attached hydrogens (tertiary/aromatic N) is 5. The first-order chi connectivity index (χ1) is 15.5. The fourth-order valence-electron chi connectivity index (χ4n) is 3.41. The highest BCUT2D eigenvalue weighted by atomic mass is 16.6. The molecule has 4 atom stereocenters. The number of hydrazone groups is 1. The largest absolute Gasteiger partial charge is 0.494 e. The van der Waals surface area contributed by atoms with Gasteiger partial charge in [-0.2, -0.15) is 5.10 Å². The van der Waals surface area contributed by atoms with Gasteiger partial charge in [-0.1, -0.05) is 19.1 Å². The fraction of sp³-hybridized carbons (Fsp3) is 0.400. The smallest absolute Gasteiger partial charge is 0.228 e. The number of rotatable bonds is 8. The highest BCUT2D eigenvalue weighted by Gasteiger charge is 2.45. The van der Waals surface area contributed by atoms with Crippen molar-refractivity contribution in [3.63, 3.8) is 0 Å². The molecule has 0 spiro atoms. The number of fused-ring (bicyclic) bond motifs is 1. The van der Waals surface area contributed by atoms with Gasteiger partial charge in [0.05, 0.1) is 19.4 Å². The Kier molecular flexibility index (Phi) is 6.46. The summed E-state index contributed by atoms with van der Waals surface area (Å²) in [5.41, 5.74) is 10.1. The van der Waals surface area contributed by atoms with Gasteiger partial charge < -0.3 is 30.5 Å². The number of aliphatic hydroxyl groups excluding tert-OH is 3. The molecule has 1 aliphatic heterocycles. The number of benzene rings is 1. The van der Waals surface area contributed by atoms with E-state index in [4.69, 9.17) is 15.2 Å². The second-order valence-corrected chi connectivity index (χ2v) is 7.26. The lowest BCUT2D eigenvalue weighted by atomic mass is 10.1. The van der Waals surface area contributed by atoms with Crippen molar-refractivity contribution in [1.82, 2.24) is 19.5 Å². The van der Waals surface area contributed by atoms with Crippen LogP contribution in [0.1, 0.15) is 25.1 Å². The minimum Gasteiger partial charge on any atom is -0.494 e. The zero-order chi connectivity index (χ0) is 22.7. The summed E-state index contributed by atoms with van der Waals surface area (Å²) in [4.78, 5) is 12.5.